The van der Waals surface area contributed by atoms with Crippen LogP contribution in [0.1, 0.15) is 23.6 Å². The number of nitrogens with zero attached hydrogens (tertiary/aromatic N) is 1. The molecule has 1 aromatic carbocycles. The largest absolute Gasteiger partial charge is 0.390 e. The topological polar surface area (TPSA) is 59.6 Å². The van der Waals surface area contributed by atoms with Crippen LogP contribution in [0.25, 0.3) is 0 Å². The summed E-state index contributed by atoms with van der Waals surface area (Å²) in [5.74, 6) is 0.434. The first-order valence-corrected chi connectivity index (χ1v) is 5.29. The Hall–Kier alpha value is -1.55. The molecule has 0 saturated heterocycles. The van der Waals surface area contributed by atoms with E-state index in [0.29, 0.717) is 12.4 Å². The van der Waals surface area contributed by atoms with E-state index in [2.05, 4.69) is 23.5 Å². The van der Waals surface area contributed by atoms with Gasteiger partial charge in [-0.05, 0) is 37.6 Å². The molecular weight excluding hydrogens is 202 g/mol. The SMILES string of the molecule is CNCc1cccc(CO/N=C(/C)N)c1C. The van der Waals surface area contributed by atoms with E-state index in [1.165, 1.54) is 11.1 Å². The minimum Gasteiger partial charge on any atom is -0.390 e. The van der Waals surface area contributed by atoms with Crippen molar-refractivity contribution in [3.05, 3.63) is 34.9 Å². The fourth-order valence-corrected chi connectivity index (χ4v) is 1.48. The summed E-state index contributed by atoms with van der Waals surface area (Å²) in [5.41, 5.74) is 9.04. The summed E-state index contributed by atoms with van der Waals surface area (Å²) in [6.45, 7) is 5.10. The van der Waals surface area contributed by atoms with Crippen molar-refractivity contribution in [2.45, 2.75) is 27.0 Å². The number of oxime groups is 1. The van der Waals surface area contributed by atoms with Crippen LogP contribution in [0.5, 0.6) is 0 Å². The number of amidine groups is 1. The molecule has 0 aromatic heterocycles. The zero-order chi connectivity index (χ0) is 12.0. The molecule has 4 nitrogen and oxygen atoms in total. The van der Waals surface area contributed by atoms with Crippen LogP contribution in [0.15, 0.2) is 23.4 Å². The Morgan fingerprint density at radius 3 is 2.75 bits per heavy atom. The van der Waals surface area contributed by atoms with Gasteiger partial charge in [0.1, 0.15) is 12.4 Å². The number of nitrogens with two attached hydrogens (primary N) is 1. The van der Waals surface area contributed by atoms with Crippen LogP contribution in [0, 0.1) is 6.92 Å². The first-order chi connectivity index (χ1) is 7.65. The third-order valence-electron chi connectivity index (χ3n) is 2.35. The molecule has 0 atom stereocenters. The summed E-state index contributed by atoms with van der Waals surface area (Å²) >= 11 is 0. The molecule has 0 unspecified atom stereocenters. The number of nitrogens with one attached hydrogen (secondary N) is 1. The van der Waals surface area contributed by atoms with Gasteiger partial charge in [-0.15, -0.1) is 0 Å². The van der Waals surface area contributed by atoms with Crippen LogP contribution in [0.3, 0.4) is 0 Å². The molecule has 0 aliphatic heterocycles. The molecular formula is C12H19N3O. The standard InChI is InChI=1S/C12H19N3O/c1-9-11(7-14-3)5-4-6-12(9)8-16-15-10(2)13/h4-6,14H,7-8H2,1-3H3,(H2,13,15). The normalized spacial score (nSPS) is 11.6. The zero-order valence-electron chi connectivity index (χ0n) is 10.1. The van der Waals surface area contributed by atoms with Crippen molar-refractivity contribution in [3.63, 3.8) is 0 Å². The van der Waals surface area contributed by atoms with Gasteiger partial charge >= 0.3 is 0 Å². The van der Waals surface area contributed by atoms with Crippen molar-refractivity contribution in [3.8, 4) is 0 Å². The quantitative estimate of drug-likeness (QED) is 0.450. The highest BCUT2D eigenvalue weighted by Gasteiger charge is 2.03. The van der Waals surface area contributed by atoms with E-state index in [-0.39, 0.29) is 0 Å². The molecule has 3 N–H and O–H groups in total. The van der Waals surface area contributed by atoms with Gasteiger partial charge in [0.15, 0.2) is 0 Å². The van der Waals surface area contributed by atoms with E-state index in [4.69, 9.17) is 10.6 Å². The van der Waals surface area contributed by atoms with Crippen molar-refractivity contribution in [2.24, 2.45) is 10.9 Å². The average molecular weight is 221 g/mol. The highest BCUT2D eigenvalue weighted by atomic mass is 16.6. The van der Waals surface area contributed by atoms with Gasteiger partial charge in [-0.25, -0.2) is 0 Å². The molecule has 1 aromatic rings. The molecule has 0 radical (unpaired) electrons. The highest BCUT2D eigenvalue weighted by Crippen LogP contribution is 2.14. The fourth-order valence-electron chi connectivity index (χ4n) is 1.48. The third-order valence-corrected chi connectivity index (χ3v) is 2.35. The lowest BCUT2D eigenvalue weighted by Crippen LogP contribution is -2.08. The maximum absolute atomic E-state index is 5.39. The van der Waals surface area contributed by atoms with Gasteiger partial charge in [-0.3, -0.25) is 0 Å². The Morgan fingerprint density at radius 1 is 1.44 bits per heavy atom. The highest BCUT2D eigenvalue weighted by molar-refractivity contribution is 5.76. The summed E-state index contributed by atoms with van der Waals surface area (Å²) in [7, 11) is 1.94. The molecule has 0 aliphatic carbocycles. The van der Waals surface area contributed by atoms with Crippen LogP contribution in [0.2, 0.25) is 0 Å². The second-order valence-electron chi connectivity index (χ2n) is 3.74. The smallest absolute Gasteiger partial charge is 0.142 e. The lowest BCUT2D eigenvalue weighted by Gasteiger charge is -2.10. The zero-order valence-corrected chi connectivity index (χ0v) is 10.1. The van der Waals surface area contributed by atoms with Gasteiger partial charge in [0.05, 0.1) is 0 Å². The van der Waals surface area contributed by atoms with E-state index in [1.807, 2.05) is 19.2 Å². The van der Waals surface area contributed by atoms with E-state index in [1.54, 1.807) is 6.92 Å². The summed E-state index contributed by atoms with van der Waals surface area (Å²) < 4.78 is 0. The Bertz CT molecular complexity index is 371. The van der Waals surface area contributed by atoms with Crippen LogP contribution in [-0.4, -0.2) is 12.9 Å². The maximum Gasteiger partial charge on any atom is 0.142 e. The lowest BCUT2D eigenvalue weighted by atomic mass is 10.0. The Labute approximate surface area is 96.5 Å². The Morgan fingerprint density at radius 2 is 2.12 bits per heavy atom. The summed E-state index contributed by atoms with van der Waals surface area (Å²) in [5, 5.41) is 6.85. The van der Waals surface area contributed by atoms with Gasteiger partial charge in [0.2, 0.25) is 0 Å². The van der Waals surface area contributed by atoms with Crippen molar-refractivity contribution >= 4 is 5.84 Å². The molecule has 0 spiro atoms. The van der Waals surface area contributed by atoms with Gasteiger partial charge < -0.3 is 15.9 Å². The van der Waals surface area contributed by atoms with E-state index in [9.17, 15) is 0 Å². The second kappa shape index (κ2) is 6.12. The van der Waals surface area contributed by atoms with E-state index >= 15 is 0 Å². The predicted octanol–water partition coefficient (Wildman–Crippen LogP) is 1.52. The number of hydrogen-bond acceptors (Lipinski definition) is 3. The minimum absolute atomic E-state index is 0.434. The van der Waals surface area contributed by atoms with E-state index in [0.717, 1.165) is 12.1 Å². The Kier molecular flexibility index (Phi) is 4.79. The number of benzene rings is 1. The van der Waals surface area contributed by atoms with Crippen LogP contribution < -0.4 is 11.1 Å². The molecule has 0 bridgehead atoms. The van der Waals surface area contributed by atoms with Crippen molar-refractivity contribution in [1.29, 1.82) is 0 Å². The molecule has 0 fully saturated rings. The molecule has 4 heteroatoms. The molecule has 0 amide bonds. The summed E-state index contributed by atoms with van der Waals surface area (Å²) in [6, 6.07) is 6.17. The minimum atomic E-state index is 0.434. The van der Waals surface area contributed by atoms with Crippen molar-refractivity contribution < 1.29 is 4.84 Å². The van der Waals surface area contributed by atoms with Crippen LogP contribution >= 0.6 is 0 Å². The average Bonchev–Trinajstić information content (AvgIpc) is 2.23. The Balaban J connectivity index is 2.73. The van der Waals surface area contributed by atoms with Gasteiger partial charge in [0, 0.05) is 6.54 Å². The van der Waals surface area contributed by atoms with Gasteiger partial charge in [0.25, 0.3) is 0 Å². The first kappa shape index (κ1) is 12.5. The monoisotopic (exact) mass is 221 g/mol. The number of rotatable bonds is 5. The molecule has 0 aliphatic rings. The second-order valence-corrected chi connectivity index (χ2v) is 3.74. The lowest BCUT2D eigenvalue weighted by molar-refractivity contribution is 0.129. The van der Waals surface area contributed by atoms with E-state index < -0.39 is 0 Å². The van der Waals surface area contributed by atoms with Crippen LogP contribution in [0.4, 0.5) is 0 Å². The maximum atomic E-state index is 5.39. The van der Waals surface area contributed by atoms with Crippen molar-refractivity contribution in [1.82, 2.24) is 5.32 Å². The van der Waals surface area contributed by atoms with Gasteiger partial charge in [-0.1, -0.05) is 23.4 Å². The molecule has 0 heterocycles. The molecule has 88 valence electrons. The first-order valence-electron chi connectivity index (χ1n) is 5.29. The number of hydrogen-bond donors (Lipinski definition) is 2. The van der Waals surface area contributed by atoms with Crippen LogP contribution in [-0.2, 0) is 18.0 Å². The molecule has 16 heavy (non-hydrogen) atoms. The molecule has 1 rings (SSSR count). The fraction of sp³-hybridized carbons (Fsp3) is 0.417. The summed E-state index contributed by atoms with van der Waals surface area (Å²) in [4.78, 5) is 5.14. The van der Waals surface area contributed by atoms with Gasteiger partial charge in [-0.2, -0.15) is 0 Å². The van der Waals surface area contributed by atoms with Crippen molar-refractivity contribution in [2.75, 3.05) is 7.05 Å². The molecule has 0 saturated carbocycles. The predicted molar refractivity (Wildman–Crippen MR) is 66.0 cm³/mol. The summed E-state index contributed by atoms with van der Waals surface area (Å²) in [6.07, 6.45) is 0. The third kappa shape index (κ3) is 3.55.